The van der Waals surface area contributed by atoms with Gasteiger partial charge >= 0.3 is 0 Å². The van der Waals surface area contributed by atoms with E-state index in [2.05, 4.69) is 17.4 Å². The Labute approximate surface area is 124 Å². The van der Waals surface area contributed by atoms with Gasteiger partial charge in [-0.15, -0.1) is 0 Å². The first kappa shape index (κ1) is 14.0. The third-order valence-electron chi connectivity index (χ3n) is 4.04. The van der Waals surface area contributed by atoms with Gasteiger partial charge < -0.3 is 5.32 Å². The highest BCUT2D eigenvalue weighted by molar-refractivity contribution is 5.75. The number of amides is 1. The van der Waals surface area contributed by atoms with E-state index in [9.17, 15) is 9.18 Å². The van der Waals surface area contributed by atoms with Crippen LogP contribution in [0.25, 0.3) is 0 Å². The minimum absolute atomic E-state index is 0.121. The van der Waals surface area contributed by atoms with Gasteiger partial charge in [0.1, 0.15) is 0 Å². The Morgan fingerprint density at radius 2 is 2.00 bits per heavy atom. The molecule has 3 rings (SSSR count). The number of nitrogens with zero attached hydrogens (tertiary/aromatic N) is 1. The molecule has 1 aromatic carbocycles. The molecule has 0 radical (unpaired) electrons. The summed E-state index contributed by atoms with van der Waals surface area (Å²) in [6.45, 7) is 1.69. The largest absolute Gasteiger partial charge is 0.309 e. The van der Waals surface area contributed by atoms with Gasteiger partial charge in [0, 0.05) is 37.8 Å². The number of carbonyl (C=O) groups excluding carboxylic acids is 1. The van der Waals surface area contributed by atoms with E-state index in [1.807, 2.05) is 18.2 Å². The number of hydrogen-bond acceptors (Lipinski definition) is 2. The second kappa shape index (κ2) is 5.45. The monoisotopic (exact) mass is 286 g/mol. The summed E-state index contributed by atoms with van der Waals surface area (Å²) in [6.07, 6.45) is 6.90. The first-order chi connectivity index (χ1) is 10.1. The fraction of sp³-hybridized carbons (Fsp3) is 0.353. The van der Waals surface area contributed by atoms with Crippen molar-refractivity contribution in [2.75, 3.05) is 6.54 Å². The lowest BCUT2D eigenvalue weighted by Gasteiger charge is -2.24. The van der Waals surface area contributed by atoms with Gasteiger partial charge in [-0.3, -0.25) is 9.69 Å². The number of hydrogen-bond donors (Lipinski definition) is 1. The smallest absolute Gasteiger partial charge is 0.227 e. The van der Waals surface area contributed by atoms with Crippen LogP contribution in [-0.4, -0.2) is 29.1 Å². The van der Waals surface area contributed by atoms with Gasteiger partial charge in [0.05, 0.1) is 0 Å². The van der Waals surface area contributed by atoms with Crippen LogP contribution in [0.2, 0.25) is 0 Å². The van der Waals surface area contributed by atoms with E-state index in [4.69, 9.17) is 0 Å². The van der Waals surface area contributed by atoms with Gasteiger partial charge in [0.15, 0.2) is 5.67 Å². The van der Waals surface area contributed by atoms with Crippen LogP contribution >= 0.6 is 0 Å². The van der Waals surface area contributed by atoms with Crippen molar-refractivity contribution in [2.45, 2.75) is 31.0 Å². The Balaban J connectivity index is 1.52. The average Bonchev–Trinajstić information content (AvgIpc) is 3.26. The zero-order chi connectivity index (χ0) is 14.9. The molecular weight excluding hydrogens is 267 g/mol. The molecule has 21 heavy (non-hydrogen) atoms. The zero-order valence-corrected chi connectivity index (χ0v) is 12.0. The van der Waals surface area contributed by atoms with Gasteiger partial charge in [-0.25, -0.2) is 4.39 Å². The summed E-state index contributed by atoms with van der Waals surface area (Å²) in [5.74, 6) is 0.365. The van der Waals surface area contributed by atoms with Crippen LogP contribution in [0.15, 0.2) is 54.9 Å². The lowest BCUT2D eigenvalue weighted by atomic mass is 10.0. The molecule has 1 aliphatic carbocycles. The Bertz CT molecular complexity index is 568. The van der Waals surface area contributed by atoms with Gasteiger partial charge in [0.2, 0.25) is 5.91 Å². The quantitative estimate of drug-likeness (QED) is 0.923. The fourth-order valence-corrected chi connectivity index (χ4v) is 2.62. The summed E-state index contributed by atoms with van der Waals surface area (Å²) in [5, 5.41) is 3.28. The van der Waals surface area contributed by atoms with Crippen molar-refractivity contribution >= 4 is 5.91 Å². The normalized spacial score (nSPS) is 25.9. The summed E-state index contributed by atoms with van der Waals surface area (Å²) in [7, 11) is 0. The van der Waals surface area contributed by atoms with Crippen LogP contribution in [0, 0.1) is 0 Å². The van der Waals surface area contributed by atoms with Gasteiger partial charge in [-0.2, -0.15) is 0 Å². The minimum atomic E-state index is -1.52. The summed E-state index contributed by atoms with van der Waals surface area (Å²) in [5.41, 5.74) is -0.212. The molecule has 1 N–H and O–H groups in total. The number of carbonyl (C=O) groups is 1. The van der Waals surface area contributed by atoms with Crippen LogP contribution in [0.4, 0.5) is 4.39 Å². The summed E-state index contributed by atoms with van der Waals surface area (Å²) in [4.78, 5) is 12.5. The van der Waals surface area contributed by atoms with Crippen LogP contribution in [0.1, 0.15) is 24.8 Å². The molecule has 2 atom stereocenters. The van der Waals surface area contributed by atoms with Crippen molar-refractivity contribution in [1.29, 1.82) is 0 Å². The first-order valence-electron chi connectivity index (χ1n) is 7.22. The Morgan fingerprint density at radius 3 is 2.62 bits per heavy atom. The maximum absolute atomic E-state index is 14.6. The molecule has 1 aliphatic heterocycles. The summed E-state index contributed by atoms with van der Waals surface area (Å²) in [6, 6.07) is 10.6. The maximum Gasteiger partial charge on any atom is 0.227 e. The third-order valence-corrected chi connectivity index (χ3v) is 4.04. The van der Waals surface area contributed by atoms with Crippen LogP contribution < -0.4 is 5.32 Å². The molecule has 3 nitrogen and oxygen atoms in total. The lowest BCUT2D eigenvalue weighted by molar-refractivity contribution is -0.124. The van der Waals surface area contributed by atoms with E-state index in [0.717, 1.165) is 6.42 Å². The second-order valence-corrected chi connectivity index (χ2v) is 5.72. The molecule has 110 valence electrons. The zero-order valence-electron chi connectivity index (χ0n) is 12.0. The highest BCUT2D eigenvalue weighted by atomic mass is 19.1. The molecule has 2 aliphatic rings. The van der Waals surface area contributed by atoms with Crippen molar-refractivity contribution in [1.82, 2.24) is 10.2 Å². The minimum Gasteiger partial charge on any atom is -0.309 e. The van der Waals surface area contributed by atoms with Gasteiger partial charge in [-0.05, 0) is 24.1 Å². The second-order valence-electron chi connectivity index (χ2n) is 5.72. The molecule has 2 unspecified atom stereocenters. The molecule has 1 saturated carbocycles. The average molecular weight is 286 g/mol. The van der Waals surface area contributed by atoms with E-state index in [1.165, 1.54) is 41.9 Å². The van der Waals surface area contributed by atoms with Crippen LogP contribution in [0.5, 0.6) is 0 Å². The van der Waals surface area contributed by atoms with Crippen LogP contribution in [-0.2, 0) is 4.79 Å². The predicted octanol–water partition coefficient (Wildman–Crippen LogP) is 2.73. The number of alkyl halides is 1. The van der Waals surface area contributed by atoms with Crippen molar-refractivity contribution in [3.05, 3.63) is 60.4 Å². The van der Waals surface area contributed by atoms with Crippen molar-refractivity contribution in [2.24, 2.45) is 0 Å². The van der Waals surface area contributed by atoms with Gasteiger partial charge in [-0.1, -0.05) is 30.3 Å². The standard InChI is InChI=1S/C17H19FN2O/c1-13(21)20-9-7-17(18,8-10-20)12-19-16-11-15(16)14-5-3-2-4-6-14/h2-10,15-16,19H,11-12H2,1H3. The molecule has 4 heteroatoms. The van der Waals surface area contributed by atoms with E-state index in [0.29, 0.717) is 12.0 Å². The van der Waals surface area contributed by atoms with Crippen molar-refractivity contribution < 1.29 is 9.18 Å². The molecular formula is C17H19FN2O. The predicted molar refractivity (Wildman–Crippen MR) is 80.2 cm³/mol. The number of benzene rings is 1. The third kappa shape index (κ3) is 3.22. The number of halogens is 1. The Morgan fingerprint density at radius 1 is 1.33 bits per heavy atom. The molecule has 1 amide bonds. The SMILES string of the molecule is CC(=O)N1C=CC(F)(CNC2CC2c2ccccc2)C=C1. The van der Waals surface area contributed by atoms with Crippen LogP contribution in [0.3, 0.4) is 0 Å². The molecule has 0 saturated heterocycles. The molecule has 0 aromatic heterocycles. The van der Waals surface area contributed by atoms with Crippen molar-refractivity contribution in [3.63, 3.8) is 0 Å². The molecule has 1 heterocycles. The topological polar surface area (TPSA) is 32.3 Å². The van der Waals surface area contributed by atoms with E-state index < -0.39 is 5.67 Å². The van der Waals surface area contributed by atoms with Gasteiger partial charge in [0.25, 0.3) is 0 Å². The number of nitrogens with one attached hydrogen (secondary N) is 1. The highest BCUT2D eigenvalue weighted by Gasteiger charge is 2.39. The van der Waals surface area contributed by atoms with Crippen molar-refractivity contribution in [3.8, 4) is 0 Å². The Hall–Kier alpha value is -1.94. The summed E-state index contributed by atoms with van der Waals surface area (Å²) < 4.78 is 14.6. The molecule has 0 bridgehead atoms. The lowest BCUT2D eigenvalue weighted by Crippen LogP contribution is -2.37. The van der Waals surface area contributed by atoms with E-state index >= 15 is 0 Å². The van der Waals surface area contributed by atoms with E-state index in [1.54, 1.807) is 0 Å². The molecule has 1 aromatic rings. The fourth-order valence-electron chi connectivity index (χ4n) is 2.62. The summed E-state index contributed by atoms with van der Waals surface area (Å²) >= 11 is 0. The Kier molecular flexibility index (Phi) is 3.64. The van der Waals surface area contributed by atoms with E-state index in [-0.39, 0.29) is 12.5 Å². The molecule has 0 spiro atoms. The maximum atomic E-state index is 14.6. The first-order valence-corrected chi connectivity index (χ1v) is 7.22. The number of rotatable bonds is 4. The highest BCUT2D eigenvalue weighted by Crippen LogP contribution is 2.40. The molecule has 1 fully saturated rings.